The summed E-state index contributed by atoms with van der Waals surface area (Å²) < 4.78 is 34.1. The van der Waals surface area contributed by atoms with Crippen LogP contribution in [0.2, 0.25) is 0 Å². The Kier molecular flexibility index (Phi) is 6.51. The summed E-state index contributed by atoms with van der Waals surface area (Å²) in [7, 11) is 1.58. The lowest BCUT2D eigenvalue weighted by Gasteiger charge is -2.37. The van der Waals surface area contributed by atoms with Gasteiger partial charge >= 0.3 is 0 Å². The summed E-state index contributed by atoms with van der Waals surface area (Å²) in [4.78, 5) is 16.9. The predicted molar refractivity (Wildman–Crippen MR) is 122 cm³/mol. The Bertz CT molecular complexity index is 1130. The van der Waals surface area contributed by atoms with Crippen LogP contribution in [0.4, 0.5) is 14.5 Å². The molecule has 7 nitrogen and oxygen atoms in total. The Labute approximate surface area is 191 Å². The second-order valence-corrected chi connectivity index (χ2v) is 8.73. The van der Waals surface area contributed by atoms with E-state index < -0.39 is 23.5 Å². The molecular formula is C24H28F2N4O3. The van der Waals surface area contributed by atoms with Crippen molar-refractivity contribution in [2.75, 3.05) is 38.2 Å². The highest BCUT2D eigenvalue weighted by Gasteiger charge is 2.28. The quantitative estimate of drug-likeness (QED) is 0.610. The molecule has 0 radical (unpaired) electrons. The molecular weight excluding hydrogens is 430 g/mol. The second kappa shape index (κ2) is 9.35. The van der Waals surface area contributed by atoms with Gasteiger partial charge in [-0.15, -0.1) is 0 Å². The smallest absolute Gasteiger partial charge is 0.251 e. The maximum Gasteiger partial charge on any atom is 0.251 e. The lowest BCUT2D eigenvalue weighted by molar-refractivity contribution is -0.143. The van der Waals surface area contributed by atoms with Gasteiger partial charge in [0.15, 0.2) is 17.4 Å². The van der Waals surface area contributed by atoms with E-state index in [0.29, 0.717) is 44.0 Å². The van der Waals surface area contributed by atoms with Crippen LogP contribution in [0.1, 0.15) is 20.3 Å². The van der Waals surface area contributed by atoms with Gasteiger partial charge in [0.05, 0.1) is 17.4 Å². The molecule has 1 atom stereocenters. The highest BCUT2D eigenvalue weighted by Crippen LogP contribution is 2.28. The van der Waals surface area contributed by atoms with Gasteiger partial charge in [0, 0.05) is 56.5 Å². The minimum atomic E-state index is -1.28. The highest BCUT2D eigenvalue weighted by molar-refractivity contribution is 5.84. The SMILES string of the molecule is COC(CC(C)C)C(=O)N1CCN(c2ccc3c(cnn3-c3cc(O)c(F)c(F)c3)c2)CC1. The Morgan fingerprint density at radius 1 is 1.12 bits per heavy atom. The number of methoxy groups -OCH3 is 1. The van der Waals surface area contributed by atoms with Crippen molar-refractivity contribution in [2.24, 2.45) is 5.92 Å². The number of rotatable bonds is 6. The van der Waals surface area contributed by atoms with E-state index in [1.54, 1.807) is 13.3 Å². The fourth-order valence-electron chi connectivity index (χ4n) is 4.22. The van der Waals surface area contributed by atoms with Crippen molar-refractivity contribution < 1.29 is 23.4 Å². The number of nitrogens with zero attached hydrogens (tertiary/aromatic N) is 4. The molecule has 1 unspecified atom stereocenters. The van der Waals surface area contributed by atoms with Gasteiger partial charge in [0.25, 0.3) is 5.91 Å². The average Bonchev–Trinajstić information content (AvgIpc) is 3.23. The summed E-state index contributed by atoms with van der Waals surface area (Å²) in [5.41, 5.74) is 1.93. The van der Waals surface area contributed by atoms with Gasteiger partial charge in [-0.2, -0.15) is 9.49 Å². The lowest BCUT2D eigenvalue weighted by Crippen LogP contribution is -2.52. The van der Waals surface area contributed by atoms with Crippen molar-refractivity contribution >= 4 is 22.5 Å². The normalized spacial score (nSPS) is 15.5. The van der Waals surface area contributed by atoms with E-state index in [2.05, 4.69) is 23.8 Å². The van der Waals surface area contributed by atoms with E-state index in [4.69, 9.17) is 4.74 Å². The van der Waals surface area contributed by atoms with Gasteiger partial charge in [-0.1, -0.05) is 13.8 Å². The number of aromatic nitrogens is 2. The van der Waals surface area contributed by atoms with E-state index in [-0.39, 0.29) is 11.6 Å². The van der Waals surface area contributed by atoms with Crippen LogP contribution in [-0.2, 0) is 9.53 Å². The van der Waals surface area contributed by atoms with Crippen LogP contribution in [0.15, 0.2) is 36.5 Å². The maximum atomic E-state index is 13.7. The molecule has 1 saturated heterocycles. The topological polar surface area (TPSA) is 70.8 Å². The molecule has 0 bridgehead atoms. The first kappa shape index (κ1) is 23.0. The predicted octanol–water partition coefficient (Wildman–Crippen LogP) is 3.72. The molecule has 2 aromatic carbocycles. The molecule has 1 aliphatic rings. The molecule has 0 saturated carbocycles. The van der Waals surface area contributed by atoms with Crippen LogP contribution >= 0.6 is 0 Å². The molecule has 1 aliphatic heterocycles. The molecule has 1 aromatic heterocycles. The van der Waals surface area contributed by atoms with Gasteiger partial charge in [0.2, 0.25) is 0 Å². The third kappa shape index (κ3) is 4.64. The Morgan fingerprint density at radius 2 is 1.85 bits per heavy atom. The molecule has 0 spiro atoms. The number of ether oxygens (including phenoxy) is 1. The molecule has 4 rings (SSSR count). The first-order valence-electron chi connectivity index (χ1n) is 11.0. The average molecular weight is 459 g/mol. The van der Waals surface area contributed by atoms with Gasteiger partial charge < -0.3 is 19.6 Å². The molecule has 33 heavy (non-hydrogen) atoms. The number of phenols is 1. The summed E-state index contributed by atoms with van der Waals surface area (Å²) in [6.07, 6.45) is 1.94. The molecule has 1 fully saturated rings. The second-order valence-electron chi connectivity index (χ2n) is 8.73. The largest absolute Gasteiger partial charge is 0.505 e. The van der Waals surface area contributed by atoms with Crippen molar-refractivity contribution in [1.82, 2.24) is 14.7 Å². The molecule has 3 aromatic rings. The fraction of sp³-hybridized carbons (Fsp3) is 0.417. The van der Waals surface area contributed by atoms with E-state index in [0.717, 1.165) is 23.2 Å². The summed E-state index contributed by atoms with van der Waals surface area (Å²) in [5, 5.41) is 14.7. The summed E-state index contributed by atoms with van der Waals surface area (Å²) in [6, 6.07) is 7.91. The number of halogens is 2. The first-order chi connectivity index (χ1) is 15.8. The summed E-state index contributed by atoms with van der Waals surface area (Å²) >= 11 is 0. The van der Waals surface area contributed by atoms with Crippen molar-refractivity contribution in [1.29, 1.82) is 0 Å². The minimum Gasteiger partial charge on any atom is -0.505 e. The van der Waals surface area contributed by atoms with Crippen molar-refractivity contribution in [3.8, 4) is 11.4 Å². The van der Waals surface area contributed by atoms with Crippen LogP contribution < -0.4 is 4.90 Å². The number of hydrogen-bond acceptors (Lipinski definition) is 5. The van der Waals surface area contributed by atoms with Crippen LogP contribution in [0, 0.1) is 17.6 Å². The molecule has 9 heteroatoms. The number of carbonyl (C=O) groups excluding carboxylic acids is 1. The number of carbonyl (C=O) groups is 1. The van der Waals surface area contributed by atoms with E-state index >= 15 is 0 Å². The standard InChI is InChI=1S/C24H28F2N4O3/c1-15(2)10-22(33-3)24(32)29-8-6-28(7-9-29)17-4-5-20-16(11-17)14-27-30(20)18-12-19(25)23(26)21(31)13-18/h4-5,11-15,22,31H,6-10H2,1-3H3. The zero-order valence-corrected chi connectivity index (χ0v) is 19.0. The maximum absolute atomic E-state index is 13.7. The fourth-order valence-corrected chi connectivity index (χ4v) is 4.22. The first-order valence-corrected chi connectivity index (χ1v) is 11.0. The van der Waals surface area contributed by atoms with Crippen LogP contribution in [-0.4, -0.2) is 65.1 Å². The number of aromatic hydroxyl groups is 1. The Morgan fingerprint density at radius 3 is 2.48 bits per heavy atom. The van der Waals surface area contributed by atoms with E-state index in [1.165, 1.54) is 4.68 Å². The van der Waals surface area contributed by atoms with E-state index in [9.17, 15) is 18.7 Å². The summed E-state index contributed by atoms with van der Waals surface area (Å²) in [6.45, 7) is 6.77. The number of phenolic OH excluding ortho intramolecular Hbond substituents is 1. The van der Waals surface area contributed by atoms with Crippen LogP contribution in [0.25, 0.3) is 16.6 Å². The van der Waals surface area contributed by atoms with Crippen LogP contribution in [0.5, 0.6) is 5.75 Å². The van der Waals surface area contributed by atoms with Crippen molar-refractivity contribution in [3.63, 3.8) is 0 Å². The third-order valence-corrected chi connectivity index (χ3v) is 5.99. The van der Waals surface area contributed by atoms with E-state index in [1.807, 2.05) is 23.1 Å². The number of fused-ring (bicyclic) bond motifs is 1. The van der Waals surface area contributed by atoms with Gasteiger partial charge in [-0.05, 0) is 30.5 Å². The third-order valence-electron chi connectivity index (χ3n) is 5.99. The Hall–Kier alpha value is -3.20. The molecule has 1 N–H and O–H groups in total. The molecule has 0 aliphatic carbocycles. The van der Waals surface area contributed by atoms with Crippen LogP contribution in [0.3, 0.4) is 0 Å². The zero-order chi connectivity index (χ0) is 23.7. The molecule has 176 valence electrons. The van der Waals surface area contributed by atoms with Crippen molar-refractivity contribution in [3.05, 3.63) is 48.2 Å². The number of amides is 1. The van der Waals surface area contributed by atoms with Gasteiger partial charge in [0.1, 0.15) is 6.10 Å². The monoisotopic (exact) mass is 458 g/mol. The highest BCUT2D eigenvalue weighted by atomic mass is 19.2. The molecule has 1 amide bonds. The number of hydrogen-bond donors (Lipinski definition) is 1. The number of anilines is 1. The summed E-state index contributed by atoms with van der Waals surface area (Å²) in [5.74, 6) is -2.76. The number of benzene rings is 2. The molecule has 2 heterocycles. The van der Waals surface area contributed by atoms with Crippen molar-refractivity contribution in [2.45, 2.75) is 26.4 Å². The van der Waals surface area contributed by atoms with Gasteiger partial charge in [-0.25, -0.2) is 9.07 Å². The number of piperazine rings is 1. The lowest BCUT2D eigenvalue weighted by atomic mass is 10.0. The Balaban J connectivity index is 1.48. The zero-order valence-electron chi connectivity index (χ0n) is 19.0. The minimum absolute atomic E-state index is 0.0392. The van der Waals surface area contributed by atoms with Gasteiger partial charge in [-0.3, -0.25) is 4.79 Å².